The van der Waals surface area contributed by atoms with Crippen LogP contribution in [0.2, 0.25) is 0 Å². The molecule has 22 heteroatoms. The lowest BCUT2D eigenvalue weighted by Crippen LogP contribution is -2.43. The zero-order chi connectivity index (χ0) is 53.7. The average Bonchev–Trinajstić information content (AvgIpc) is 3.33. The van der Waals surface area contributed by atoms with E-state index in [1.165, 1.54) is 18.4 Å². The second-order valence-corrected chi connectivity index (χ2v) is 19.6. The topological polar surface area (TPSA) is 216 Å². The minimum atomic E-state index is -1.68. The highest BCUT2D eigenvalue weighted by Gasteiger charge is 2.36. The van der Waals surface area contributed by atoms with Gasteiger partial charge >= 0.3 is 12.1 Å². The number of rotatable bonds is 14. The molecule has 17 nitrogen and oxygen atoms in total. The maximum absolute atomic E-state index is 14.9. The minimum absolute atomic E-state index is 0.0332. The summed E-state index contributed by atoms with van der Waals surface area (Å²) >= 11 is 0. The smallest absolute Gasteiger partial charge is 0.328 e. The molecule has 6 N–H and O–H groups in total. The summed E-state index contributed by atoms with van der Waals surface area (Å²) in [6.07, 6.45) is 1.36. The van der Waals surface area contributed by atoms with Crippen molar-refractivity contribution in [1.82, 2.24) is 46.5 Å². The zero-order valence-electron chi connectivity index (χ0n) is 42.1. The van der Waals surface area contributed by atoms with E-state index in [0.29, 0.717) is 57.9 Å². The number of aromatic nitrogens is 4. The molecule has 6 amide bonds. The van der Waals surface area contributed by atoms with Crippen LogP contribution in [-0.4, -0.2) is 85.5 Å². The fraction of sp³-hybridized carbons (Fsp3) is 0.308. The number of urea groups is 2. The first-order valence-corrected chi connectivity index (χ1v) is 25.2. The van der Waals surface area contributed by atoms with Crippen molar-refractivity contribution in [3.05, 3.63) is 129 Å². The Balaban J connectivity index is 0.000000217. The molecule has 4 heterocycles. The molecule has 0 saturated carbocycles. The average molecular weight is 1040 g/mol. The molecule has 74 heavy (non-hydrogen) atoms. The van der Waals surface area contributed by atoms with E-state index in [9.17, 15) is 40.9 Å². The number of benzene rings is 4. The lowest BCUT2D eigenvalue weighted by atomic mass is 9.97. The first kappa shape index (κ1) is 53.9. The van der Waals surface area contributed by atoms with E-state index >= 15 is 0 Å². The Morgan fingerprint density at radius 1 is 0.622 bits per heavy atom. The first-order chi connectivity index (χ1) is 35.1. The van der Waals surface area contributed by atoms with Gasteiger partial charge in [0.25, 0.3) is 11.8 Å². The summed E-state index contributed by atoms with van der Waals surface area (Å²) in [6, 6.07) is 15.6. The molecule has 1 unspecified atom stereocenters. The van der Waals surface area contributed by atoms with Crippen LogP contribution in [0.25, 0.3) is 22.5 Å². The summed E-state index contributed by atoms with van der Waals surface area (Å²) < 4.78 is 71.6. The van der Waals surface area contributed by atoms with Crippen LogP contribution in [0.15, 0.2) is 78.0 Å². The predicted octanol–water partition coefficient (Wildman–Crippen LogP) is 8.61. The number of carbonyl (C=O) groups excluding carboxylic acids is 4. The van der Waals surface area contributed by atoms with Crippen molar-refractivity contribution in [2.24, 2.45) is 0 Å². The molecular formula is C52H56F4N12O5S. The Labute approximate surface area is 427 Å². The van der Waals surface area contributed by atoms with E-state index in [0.717, 1.165) is 45.2 Å². The lowest BCUT2D eigenvalue weighted by molar-refractivity contribution is 0.0934. The van der Waals surface area contributed by atoms with E-state index in [2.05, 4.69) is 46.9 Å². The van der Waals surface area contributed by atoms with Gasteiger partial charge in [0.15, 0.2) is 11.6 Å². The van der Waals surface area contributed by atoms with Gasteiger partial charge in [0.05, 0.1) is 35.3 Å². The number of carbonyl (C=O) groups is 4. The molecule has 4 aromatic carbocycles. The van der Waals surface area contributed by atoms with Gasteiger partial charge < -0.3 is 31.9 Å². The van der Waals surface area contributed by atoms with Gasteiger partial charge in [0.2, 0.25) is 11.1 Å². The van der Waals surface area contributed by atoms with Crippen LogP contribution in [0.4, 0.5) is 56.1 Å². The van der Waals surface area contributed by atoms with Gasteiger partial charge in [-0.25, -0.2) is 51.9 Å². The number of aryl methyl sites for hydroxylation is 2. The van der Waals surface area contributed by atoms with Crippen molar-refractivity contribution in [3.63, 3.8) is 0 Å². The van der Waals surface area contributed by atoms with Crippen LogP contribution < -0.4 is 41.7 Å². The molecule has 2 aromatic heterocycles. The van der Waals surface area contributed by atoms with Crippen molar-refractivity contribution in [2.45, 2.75) is 91.8 Å². The number of amides is 6. The standard InChI is InChI=1S/C28H33F2N7O2.C24H23F2N5O3S/c1-15(2)31-11-12-32-27-35-23(19-13-18(10-9-17(19)5)26(38)34-16(3)4)20-14-33-28(39)37(25(20)36-27)24-21(29)7-6-8-22(24)30;1-12(2)28-22(32)14-9-8-13(3)15(10-14)19-16-11-27-24(33)31(20-17(25)6-5-7-18(20)26)21(16)30-23(29-19)35(4)34/h6-10,13,15-16,31H,11-12,14H2,1-5H3,(H,33,39)(H,34,38)(H,32,35,36);5-10,12H,11H2,1-4H3,(H,27,33)(H,28,32). The summed E-state index contributed by atoms with van der Waals surface area (Å²) in [7, 11) is -1.68. The Morgan fingerprint density at radius 2 is 1.05 bits per heavy atom. The van der Waals surface area contributed by atoms with Crippen LogP contribution >= 0.6 is 0 Å². The number of nitrogens with zero attached hydrogens (tertiary/aromatic N) is 6. The van der Waals surface area contributed by atoms with E-state index in [1.54, 1.807) is 30.3 Å². The zero-order valence-corrected chi connectivity index (χ0v) is 42.9. The van der Waals surface area contributed by atoms with Crippen LogP contribution in [-0.2, 0) is 23.9 Å². The second-order valence-electron chi connectivity index (χ2n) is 18.3. The van der Waals surface area contributed by atoms with Crippen LogP contribution in [0.3, 0.4) is 0 Å². The summed E-state index contributed by atoms with van der Waals surface area (Å²) in [6.45, 7) is 16.3. The van der Waals surface area contributed by atoms with E-state index in [-0.39, 0.29) is 65.8 Å². The molecular weight excluding hydrogens is 981 g/mol. The molecule has 6 aromatic rings. The summed E-state index contributed by atoms with van der Waals surface area (Å²) in [5.41, 5.74) is 4.00. The molecule has 0 radical (unpaired) electrons. The maximum Gasteiger partial charge on any atom is 0.328 e. The van der Waals surface area contributed by atoms with E-state index < -0.39 is 57.5 Å². The SMILES string of the molecule is Cc1ccc(C(=O)NC(C)C)cc1-c1nc(NCCNC(C)C)nc2c1CNC(=O)N2c1c(F)cccc1F.Cc1ccc(C(=O)NC(C)C)cc1-c1nc(S(C)=O)nc2c1CNC(=O)N2c1c(F)cccc1F. The Hall–Kier alpha value is -7.85. The molecule has 0 spiro atoms. The minimum Gasteiger partial charge on any atom is -0.353 e. The van der Waals surface area contributed by atoms with Crippen LogP contribution in [0, 0.1) is 37.1 Å². The molecule has 8 rings (SSSR count). The Kier molecular flexibility index (Phi) is 16.7. The van der Waals surface area contributed by atoms with Crippen LogP contribution in [0.1, 0.15) is 84.5 Å². The van der Waals surface area contributed by atoms with Gasteiger partial charge in [0, 0.05) is 70.9 Å². The molecule has 0 fully saturated rings. The molecule has 2 aliphatic heterocycles. The van der Waals surface area contributed by atoms with Gasteiger partial charge in [-0.15, -0.1) is 0 Å². The predicted molar refractivity (Wildman–Crippen MR) is 275 cm³/mol. The lowest BCUT2D eigenvalue weighted by Gasteiger charge is -2.31. The van der Waals surface area contributed by atoms with Crippen LogP contribution in [0.5, 0.6) is 0 Å². The maximum atomic E-state index is 14.9. The Bertz CT molecular complexity index is 3150. The number of fused-ring (bicyclic) bond motifs is 2. The normalized spacial score (nSPS) is 13.4. The molecule has 0 aliphatic carbocycles. The number of hydrogen-bond donors (Lipinski definition) is 6. The molecule has 0 saturated heterocycles. The number of nitrogens with one attached hydrogen (secondary N) is 6. The third kappa shape index (κ3) is 11.8. The first-order valence-electron chi connectivity index (χ1n) is 23.6. The fourth-order valence-corrected chi connectivity index (χ4v) is 8.47. The summed E-state index contributed by atoms with van der Waals surface area (Å²) in [4.78, 5) is 70.9. The van der Waals surface area contributed by atoms with E-state index in [4.69, 9.17) is 4.98 Å². The summed E-state index contributed by atoms with van der Waals surface area (Å²) in [5, 5.41) is 17.3. The van der Waals surface area contributed by atoms with Crippen molar-refractivity contribution in [2.75, 3.05) is 34.5 Å². The number of para-hydroxylation sites is 2. The van der Waals surface area contributed by atoms with Crippen molar-refractivity contribution >= 4 is 63.6 Å². The highest BCUT2D eigenvalue weighted by atomic mass is 32.2. The van der Waals surface area contributed by atoms with Crippen molar-refractivity contribution in [1.29, 1.82) is 0 Å². The monoisotopic (exact) mass is 1040 g/mol. The van der Waals surface area contributed by atoms with Crippen molar-refractivity contribution < 1.29 is 40.9 Å². The molecule has 0 bridgehead atoms. The Morgan fingerprint density at radius 3 is 1.47 bits per heavy atom. The second kappa shape index (κ2) is 22.9. The van der Waals surface area contributed by atoms with Crippen molar-refractivity contribution in [3.8, 4) is 22.5 Å². The highest BCUT2D eigenvalue weighted by Crippen LogP contribution is 2.41. The van der Waals surface area contributed by atoms with E-state index in [1.807, 2.05) is 61.5 Å². The number of anilines is 5. The number of halogens is 4. The largest absolute Gasteiger partial charge is 0.353 e. The summed E-state index contributed by atoms with van der Waals surface area (Å²) in [5.74, 6) is -4.10. The fourth-order valence-electron chi connectivity index (χ4n) is 8.03. The molecule has 1 atom stereocenters. The van der Waals surface area contributed by atoms with Gasteiger partial charge in [-0.05, 0) is 101 Å². The molecule has 388 valence electrons. The molecule has 2 aliphatic rings. The quantitative estimate of drug-likeness (QED) is 0.0345. The third-order valence-corrected chi connectivity index (χ3v) is 12.2. The number of hydrogen-bond acceptors (Lipinski definition) is 11. The van der Waals surface area contributed by atoms with Gasteiger partial charge in [0.1, 0.15) is 34.6 Å². The van der Waals surface area contributed by atoms with Gasteiger partial charge in [-0.2, -0.15) is 4.98 Å². The third-order valence-electron chi connectivity index (χ3n) is 11.5. The van der Waals surface area contributed by atoms with Gasteiger partial charge in [-0.1, -0.05) is 38.1 Å². The highest BCUT2D eigenvalue weighted by molar-refractivity contribution is 7.84. The van der Waals surface area contributed by atoms with Gasteiger partial charge in [-0.3, -0.25) is 13.8 Å².